The van der Waals surface area contributed by atoms with E-state index in [2.05, 4.69) is 25.1 Å². The normalized spacial score (nSPS) is 14.9. The zero-order valence-electron chi connectivity index (χ0n) is 13.0. The molecule has 0 saturated carbocycles. The lowest BCUT2D eigenvalue weighted by Crippen LogP contribution is -1.97. The maximum absolute atomic E-state index is 12.4. The van der Waals surface area contributed by atoms with Gasteiger partial charge < -0.3 is 0 Å². The Balaban J connectivity index is 2.69. The highest BCUT2D eigenvalue weighted by atomic mass is 32.2. The third-order valence-electron chi connectivity index (χ3n) is 3.31. The van der Waals surface area contributed by atoms with E-state index in [0.29, 0.717) is 15.7 Å². The molecule has 1 aromatic rings. The van der Waals surface area contributed by atoms with E-state index in [1.807, 2.05) is 44.2 Å². The molecular weight excluding hydrogens is 278 g/mol. The highest BCUT2D eigenvalue weighted by Crippen LogP contribution is 2.18. The molecule has 0 aliphatic rings. The second-order valence-corrected chi connectivity index (χ2v) is 6.70. The van der Waals surface area contributed by atoms with Gasteiger partial charge in [0.2, 0.25) is 0 Å². The van der Waals surface area contributed by atoms with Crippen molar-refractivity contribution in [2.24, 2.45) is 5.92 Å². The summed E-state index contributed by atoms with van der Waals surface area (Å²) in [5, 5.41) is 9.22. The van der Waals surface area contributed by atoms with E-state index in [-0.39, 0.29) is 0 Å². The molecule has 0 bridgehead atoms. The van der Waals surface area contributed by atoms with Crippen LogP contribution in [0.15, 0.2) is 52.3 Å². The quantitative estimate of drug-likeness (QED) is 0.531. The summed E-state index contributed by atoms with van der Waals surface area (Å²) in [6.45, 7) is 6.16. The molecule has 0 aromatic heterocycles. The predicted molar refractivity (Wildman–Crippen MR) is 89.1 cm³/mol. The topological polar surface area (TPSA) is 40.9 Å². The van der Waals surface area contributed by atoms with Crippen LogP contribution in [0.3, 0.4) is 0 Å². The Kier molecular flexibility index (Phi) is 7.71. The summed E-state index contributed by atoms with van der Waals surface area (Å²) < 4.78 is 12.4. The van der Waals surface area contributed by atoms with E-state index >= 15 is 0 Å². The predicted octanol–water partition coefficient (Wildman–Crippen LogP) is 4.89. The second-order valence-electron chi connectivity index (χ2n) is 5.25. The minimum Gasteiger partial charge on any atom is -0.248 e. The molecule has 2 atom stereocenters. The fourth-order valence-electron chi connectivity index (χ4n) is 1.93. The minimum atomic E-state index is -1.37. The van der Waals surface area contributed by atoms with Gasteiger partial charge in [-0.05, 0) is 51.2 Å². The first-order chi connectivity index (χ1) is 10.1. The molecule has 112 valence electrons. The van der Waals surface area contributed by atoms with E-state index in [9.17, 15) is 9.47 Å². The van der Waals surface area contributed by atoms with Crippen molar-refractivity contribution >= 4 is 10.8 Å². The van der Waals surface area contributed by atoms with Crippen LogP contribution in [-0.4, -0.2) is 4.21 Å². The van der Waals surface area contributed by atoms with Crippen molar-refractivity contribution in [1.82, 2.24) is 0 Å². The molecule has 2 nitrogen and oxygen atoms in total. The molecule has 0 spiro atoms. The van der Waals surface area contributed by atoms with Crippen LogP contribution in [0.4, 0.5) is 0 Å². The Morgan fingerprint density at radius 3 is 2.62 bits per heavy atom. The molecule has 0 amide bonds. The monoisotopic (exact) mass is 301 g/mol. The molecule has 3 heteroatoms. The van der Waals surface area contributed by atoms with Gasteiger partial charge in [0.15, 0.2) is 0 Å². The van der Waals surface area contributed by atoms with E-state index in [1.54, 1.807) is 0 Å². The number of nitriles is 1. The molecule has 0 aliphatic heterocycles. The standard InChI is InChI=1S/C18H23NOS/c1-4-5-6-7-15(2)10-13-18(14-19)21(20)17-11-8-16(3)9-12-17/h4-5,8-9,11-13,15H,6-7,10H2,1-3H3/b5-4+,18-13+. The largest absolute Gasteiger partial charge is 0.248 e. The van der Waals surface area contributed by atoms with E-state index in [1.165, 1.54) is 0 Å². The Morgan fingerprint density at radius 2 is 2.05 bits per heavy atom. The zero-order valence-corrected chi connectivity index (χ0v) is 13.8. The molecule has 0 N–H and O–H groups in total. The summed E-state index contributed by atoms with van der Waals surface area (Å²) in [6.07, 6.45) is 8.95. The molecule has 1 rings (SSSR count). The molecule has 0 aliphatic carbocycles. The van der Waals surface area contributed by atoms with Crippen LogP contribution in [0.2, 0.25) is 0 Å². The SMILES string of the molecule is C/C=C/CCC(C)C/C=C(\C#N)S(=O)c1ccc(C)cc1. The Morgan fingerprint density at radius 1 is 1.38 bits per heavy atom. The highest BCUT2D eigenvalue weighted by molar-refractivity contribution is 7.89. The number of benzene rings is 1. The van der Waals surface area contributed by atoms with E-state index in [0.717, 1.165) is 24.8 Å². The molecule has 0 saturated heterocycles. The lowest BCUT2D eigenvalue weighted by atomic mass is 10.0. The van der Waals surface area contributed by atoms with Crippen LogP contribution in [0.1, 0.15) is 38.7 Å². The van der Waals surface area contributed by atoms with E-state index in [4.69, 9.17) is 0 Å². The lowest BCUT2D eigenvalue weighted by Gasteiger charge is -2.07. The van der Waals surface area contributed by atoms with Crippen molar-refractivity contribution in [3.63, 3.8) is 0 Å². The number of aryl methyl sites for hydroxylation is 1. The van der Waals surface area contributed by atoms with E-state index < -0.39 is 10.8 Å². The lowest BCUT2D eigenvalue weighted by molar-refractivity contribution is 0.546. The minimum absolute atomic E-state index is 0.358. The summed E-state index contributed by atoms with van der Waals surface area (Å²) in [6, 6.07) is 9.57. The van der Waals surface area contributed by atoms with Gasteiger partial charge in [0, 0.05) is 4.90 Å². The maximum atomic E-state index is 12.4. The first-order valence-corrected chi connectivity index (χ1v) is 8.43. The fraction of sp³-hybridized carbons (Fsp3) is 0.389. The zero-order chi connectivity index (χ0) is 15.7. The fourth-order valence-corrected chi connectivity index (χ4v) is 2.89. The van der Waals surface area contributed by atoms with Gasteiger partial charge in [-0.2, -0.15) is 5.26 Å². The molecule has 2 unspecified atom stereocenters. The summed E-state index contributed by atoms with van der Waals surface area (Å²) in [7, 11) is -1.37. The smallest absolute Gasteiger partial charge is 0.117 e. The van der Waals surface area contributed by atoms with Crippen molar-refractivity contribution < 1.29 is 4.21 Å². The number of rotatable bonds is 7. The summed E-state index contributed by atoms with van der Waals surface area (Å²) in [5.74, 6) is 0.486. The van der Waals surface area contributed by atoms with Crippen LogP contribution < -0.4 is 0 Å². The van der Waals surface area contributed by atoms with Crippen LogP contribution in [0.25, 0.3) is 0 Å². The summed E-state index contributed by atoms with van der Waals surface area (Å²) in [4.78, 5) is 1.05. The van der Waals surface area contributed by atoms with Gasteiger partial charge in [0.05, 0.1) is 10.8 Å². The van der Waals surface area contributed by atoms with Crippen molar-refractivity contribution in [1.29, 1.82) is 5.26 Å². The molecule has 0 heterocycles. The Bertz CT molecular complexity index is 564. The Labute approximate surface area is 130 Å². The van der Waals surface area contributed by atoms with Gasteiger partial charge in [-0.1, -0.05) is 42.8 Å². The van der Waals surface area contributed by atoms with Crippen LogP contribution in [0, 0.1) is 24.2 Å². The van der Waals surface area contributed by atoms with Crippen molar-refractivity contribution in [3.05, 3.63) is 53.0 Å². The first-order valence-electron chi connectivity index (χ1n) is 7.28. The molecule has 21 heavy (non-hydrogen) atoms. The molecule has 0 radical (unpaired) electrons. The van der Waals surface area contributed by atoms with Crippen molar-refractivity contribution in [2.45, 2.75) is 44.9 Å². The van der Waals surface area contributed by atoms with Gasteiger partial charge in [0.1, 0.15) is 11.0 Å². The van der Waals surface area contributed by atoms with Gasteiger partial charge in [-0.25, -0.2) is 4.21 Å². The molecule has 0 fully saturated rings. The van der Waals surface area contributed by atoms with Gasteiger partial charge >= 0.3 is 0 Å². The van der Waals surface area contributed by atoms with Crippen molar-refractivity contribution in [2.75, 3.05) is 0 Å². The third-order valence-corrected chi connectivity index (χ3v) is 4.67. The number of nitrogens with zero attached hydrogens (tertiary/aromatic N) is 1. The average Bonchev–Trinajstić information content (AvgIpc) is 2.48. The number of allylic oxidation sites excluding steroid dienone is 4. The van der Waals surface area contributed by atoms with Gasteiger partial charge in [0.25, 0.3) is 0 Å². The average molecular weight is 301 g/mol. The number of hydrogen-bond acceptors (Lipinski definition) is 2. The van der Waals surface area contributed by atoms with Crippen LogP contribution in [0.5, 0.6) is 0 Å². The van der Waals surface area contributed by atoms with Crippen molar-refractivity contribution in [3.8, 4) is 6.07 Å². The maximum Gasteiger partial charge on any atom is 0.117 e. The second kappa shape index (κ2) is 9.31. The van der Waals surface area contributed by atoms with Gasteiger partial charge in [-0.15, -0.1) is 0 Å². The highest BCUT2D eigenvalue weighted by Gasteiger charge is 2.10. The van der Waals surface area contributed by atoms with Crippen LogP contribution >= 0.6 is 0 Å². The number of hydrogen-bond donors (Lipinski definition) is 0. The molecule has 1 aromatic carbocycles. The Hall–Kier alpha value is -1.66. The molecular formula is C18H23NOS. The van der Waals surface area contributed by atoms with Crippen LogP contribution in [-0.2, 0) is 10.8 Å². The summed E-state index contributed by atoms with van der Waals surface area (Å²) >= 11 is 0. The van der Waals surface area contributed by atoms with Gasteiger partial charge in [-0.3, -0.25) is 0 Å². The first kappa shape index (κ1) is 17.4. The summed E-state index contributed by atoms with van der Waals surface area (Å²) in [5.41, 5.74) is 1.12. The third kappa shape index (κ3) is 6.10.